The van der Waals surface area contributed by atoms with Crippen LogP contribution in [0, 0.1) is 6.92 Å². The van der Waals surface area contributed by atoms with Gasteiger partial charge in [0.05, 0.1) is 11.2 Å². The minimum atomic E-state index is 1.02. The second kappa shape index (κ2) is 4.73. The molecule has 0 spiro atoms. The normalized spacial score (nSPS) is 10.6. The van der Waals surface area contributed by atoms with E-state index in [-0.39, 0.29) is 0 Å². The Morgan fingerprint density at radius 3 is 2.32 bits per heavy atom. The quantitative estimate of drug-likeness (QED) is 0.733. The first-order chi connectivity index (χ1) is 9.31. The topological polar surface area (TPSA) is 24.9 Å². The van der Waals surface area contributed by atoms with Crippen LogP contribution >= 0.6 is 0 Å². The van der Waals surface area contributed by atoms with E-state index in [0.29, 0.717) is 0 Å². The number of benzene rings is 2. The molecule has 1 N–H and O–H groups in total. The van der Waals surface area contributed by atoms with Crippen molar-refractivity contribution in [1.82, 2.24) is 4.98 Å². The second-order valence-corrected chi connectivity index (χ2v) is 4.59. The molecular weight excluding hydrogens is 232 g/mol. The fourth-order valence-electron chi connectivity index (χ4n) is 2.51. The molecule has 0 amide bonds. The molecule has 2 nitrogen and oxygen atoms in total. The van der Waals surface area contributed by atoms with Gasteiger partial charge < -0.3 is 5.32 Å². The van der Waals surface area contributed by atoms with E-state index in [9.17, 15) is 0 Å². The predicted molar refractivity (Wildman–Crippen MR) is 81.5 cm³/mol. The van der Waals surface area contributed by atoms with E-state index in [0.717, 1.165) is 22.5 Å². The van der Waals surface area contributed by atoms with Crippen molar-refractivity contribution in [2.45, 2.75) is 6.92 Å². The first kappa shape index (κ1) is 11.7. The summed E-state index contributed by atoms with van der Waals surface area (Å²) in [5.74, 6) is 0. The Morgan fingerprint density at radius 2 is 1.58 bits per heavy atom. The largest absolute Gasteiger partial charge is 0.387 e. The van der Waals surface area contributed by atoms with Gasteiger partial charge in [-0.15, -0.1) is 0 Å². The van der Waals surface area contributed by atoms with E-state index < -0.39 is 0 Å². The summed E-state index contributed by atoms with van der Waals surface area (Å²) in [4.78, 5) is 4.81. The van der Waals surface area contributed by atoms with Gasteiger partial charge in [-0.1, -0.05) is 48.5 Å². The van der Waals surface area contributed by atoms with E-state index in [1.165, 1.54) is 10.9 Å². The average molecular weight is 248 g/mol. The molecule has 0 bridgehead atoms. The Kier molecular flexibility index (Phi) is 2.92. The fourth-order valence-corrected chi connectivity index (χ4v) is 2.51. The highest BCUT2D eigenvalue weighted by atomic mass is 14.8. The molecule has 1 aromatic heterocycles. The zero-order chi connectivity index (χ0) is 13.2. The van der Waals surface area contributed by atoms with Crippen molar-refractivity contribution in [2.75, 3.05) is 12.4 Å². The van der Waals surface area contributed by atoms with E-state index in [4.69, 9.17) is 4.98 Å². The molecule has 19 heavy (non-hydrogen) atoms. The summed E-state index contributed by atoms with van der Waals surface area (Å²) in [7, 11) is 1.96. The highest BCUT2D eigenvalue weighted by molar-refractivity contribution is 5.96. The van der Waals surface area contributed by atoms with Crippen LogP contribution in [0.5, 0.6) is 0 Å². The zero-order valence-corrected chi connectivity index (χ0v) is 11.1. The van der Waals surface area contributed by atoms with Crippen LogP contribution in [0.2, 0.25) is 0 Å². The Morgan fingerprint density at radius 1 is 0.895 bits per heavy atom. The third-order valence-corrected chi connectivity index (χ3v) is 3.43. The Hall–Kier alpha value is -2.35. The van der Waals surface area contributed by atoms with E-state index in [1.807, 2.05) is 37.4 Å². The number of nitrogens with one attached hydrogen (secondary N) is 1. The van der Waals surface area contributed by atoms with Crippen molar-refractivity contribution in [3.05, 3.63) is 60.2 Å². The van der Waals surface area contributed by atoms with Crippen LogP contribution in [0.15, 0.2) is 54.6 Å². The van der Waals surface area contributed by atoms with Crippen molar-refractivity contribution in [3.63, 3.8) is 0 Å². The highest BCUT2D eigenvalue weighted by Gasteiger charge is 2.11. The number of aromatic nitrogens is 1. The third-order valence-electron chi connectivity index (χ3n) is 3.43. The van der Waals surface area contributed by atoms with Crippen LogP contribution in [0.4, 0.5) is 5.69 Å². The van der Waals surface area contributed by atoms with Gasteiger partial charge in [0.1, 0.15) is 0 Å². The zero-order valence-electron chi connectivity index (χ0n) is 11.1. The van der Waals surface area contributed by atoms with Crippen molar-refractivity contribution < 1.29 is 0 Å². The van der Waals surface area contributed by atoms with Crippen LogP contribution in [-0.2, 0) is 0 Å². The summed E-state index contributed by atoms with van der Waals surface area (Å²) in [5.41, 5.74) is 5.57. The first-order valence-electron chi connectivity index (χ1n) is 6.44. The van der Waals surface area contributed by atoms with Crippen LogP contribution in [0.25, 0.3) is 22.2 Å². The first-order valence-corrected chi connectivity index (χ1v) is 6.44. The van der Waals surface area contributed by atoms with Crippen LogP contribution in [-0.4, -0.2) is 12.0 Å². The molecule has 0 aliphatic carbocycles. The SMILES string of the molecule is CNc1c(C)c(-c2ccccc2)nc2ccccc12. The molecule has 2 heteroatoms. The molecule has 0 aliphatic rings. The number of nitrogens with zero attached hydrogens (tertiary/aromatic N) is 1. The molecule has 94 valence electrons. The van der Waals surface area contributed by atoms with Gasteiger partial charge in [0.2, 0.25) is 0 Å². The summed E-state index contributed by atoms with van der Waals surface area (Å²) < 4.78 is 0. The predicted octanol–water partition coefficient (Wildman–Crippen LogP) is 4.25. The summed E-state index contributed by atoms with van der Waals surface area (Å²) >= 11 is 0. The maximum Gasteiger partial charge on any atom is 0.0759 e. The number of fused-ring (bicyclic) bond motifs is 1. The van der Waals surface area contributed by atoms with Gasteiger partial charge in [-0.3, -0.25) is 0 Å². The summed E-state index contributed by atoms with van der Waals surface area (Å²) in [6, 6.07) is 18.6. The summed E-state index contributed by atoms with van der Waals surface area (Å²) in [5, 5.41) is 4.48. The Bertz CT molecular complexity index is 718. The third kappa shape index (κ3) is 1.95. The van der Waals surface area contributed by atoms with Gasteiger partial charge in [0, 0.05) is 23.7 Å². The molecule has 3 rings (SSSR count). The molecule has 0 aliphatic heterocycles. The minimum absolute atomic E-state index is 1.02. The van der Waals surface area contributed by atoms with Gasteiger partial charge in [0.15, 0.2) is 0 Å². The Balaban J connectivity index is 2.35. The van der Waals surface area contributed by atoms with Crippen molar-refractivity contribution in [1.29, 1.82) is 0 Å². The summed E-state index contributed by atoms with van der Waals surface area (Å²) in [6.07, 6.45) is 0. The standard InChI is InChI=1S/C17H16N2/c1-12-16(13-8-4-3-5-9-13)19-15-11-7-6-10-14(15)17(12)18-2/h3-11H,1-2H3,(H,18,19). The Labute approximate surface area is 113 Å². The van der Waals surface area contributed by atoms with E-state index in [1.54, 1.807) is 0 Å². The van der Waals surface area contributed by atoms with Crippen LogP contribution in [0.3, 0.4) is 0 Å². The lowest BCUT2D eigenvalue weighted by Crippen LogP contribution is -1.98. The van der Waals surface area contributed by atoms with E-state index in [2.05, 4.69) is 36.5 Å². The molecule has 0 fully saturated rings. The number of rotatable bonds is 2. The van der Waals surface area contributed by atoms with Gasteiger partial charge in [-0.2, -0.15) is 0 Å². The van der Waals surface area contributed by atoms with Gasteiger partial charge in [-0.25, -0.2) is 4.98 Å². The van der Waals surface area contributed by atoms with Crippen molar-refractivity contribution >= 4 is 16.6 Å². The molecule has 0 saturated carbocycles. The van der Waals surface area contributed by atoms with Crippen molar-refractivity contribution in [3.8, 4) is 11.3 Å². The number of anilines is 1. The molecule has 3 aromatic rings. The number of hydrogen-bond acceptors (Lipinski definition) is 2. The number of hydrogen-bond donors (Lipinski definition) is 1. The molecule has 1 heterocycles. The van der Waals surface area contributed by atoms with Gasteiger partial charge >= 0.3 is 0 Å². The highest BCUT2D eigenvalue weighted by Crippen LogP contribution is 2.32. The number of pyridine rings is 1. The molecule has 2 aromatic carbocycles. The lowest BCUT2D eigenvalue weighted by Gasteiger charge is -2.14. The molecule has 0 unspecified atom stereocenters. The fraction of sp³-hybridized carbons (Fsp3) is 0.118. The summed E-state index contributed by atoms with van der Waals surface area (Å²) in [6.45, 7) is 2.12. The molecule has 0 atom stereocenters. The molecular formula is C17H16N2. The van der Waals surface area contributed by atoms with Gasteiger partial charge in [0.25, 0.3) is 0 Å². The maximum absolute atomic E-state index is 4.81. The number of para-hydroxylation sites is 1. The average Bonchev–Trinajstić information content (AvgIpc) is 2.47. The van der Waals surface area contributed by atoms with Crippen molar-refractivity contribution in [2.24, 2.45) is 0 Å². The smallest absolute Gasteiger partial charge is 0.0759 e. The van der Waals surface area contributed by atoms with Crippen LogP contribution < -0.4 is 5.32 Å². The maximum atomic E-state index is 4.81. The lowest BCUT2D eigenvalue weighted by atomic mass is 10.0. The lowest BCUT2D eigenvalue weighted by molar-refractivity contribution is 1.31. The van der Waals surface area contributed by atoms with E-state index >= 15 is 0 Å². The second-order valence-electron chi connectivity index (χ2n) is 4.59. The monoisotopic (exact) mass is 248 g/mol. The van der Waals surface area contributed by atoms with Gasteiger partial charge in [-0.05, 0) is 18.6 Å². The molecule has 0 radical (unpaired) electrons. The van der Waals surface area contributed by atoms with Crippen LogP contribution in [0.1, 0.15) is 5.56 Å². The molecule has 0 saturated heterocycles. The minimum Gasteiger partial charge on any atom is -0.387 e.